The standard InChI is InChI=1S/C9H14OS4/c1-6-5-7(2)12-8(3,10-6)14-9(4,11-6)13-7/h5H2,1-4H3/t6-,7+,8-,9+/m1/s1. The van der Waals surface area contributed by atoms with Gasteiger partial charge >= 0.3 is 0 Å². The summed E-state index contributed by atoms with van der Waals surface area (Å²) in [6.07, 6.45) is 1.16. The smallest absolute Gasteiger partial charge is 0.162 e. The van der Waals surface area contributed by atoms with E-state index in [2.05, 4.69) is 39.5 Å². The van der Waals surface area contributed by atoms with Gasteiger partial charge in [-0.25, -0.2) is 0 Å². The van der Waals surface area contributed by atoms with Gasteiger partial charge in [0.2, 0.25) is 0 Å². The molecule has 0 amide bonds. The molecule has 4 atom stereocenters. The summed E-state index contributed by atoms with van der Waals surface area (Å²) in [4.78, 5) is 0.0417. The molecule has 0 spiro atoms. The molecule has 4 heterocycles. The Hall–Kier alpha value is 1.36. The molecule has 80 valence electrons. The van der Waals surface area contributed by atoms with Crippen molar-refractivity contribution in [2.24, 2.45) is 0 Å². The summed E-state index contributed by atoms with van der Waals surface area (Å²) >= 11 is 8.09. The van der Waals surface area contributed by atoms with Crippen LogP contribution >= 0.6 is 47.0 Å². The predicted octanol–water partition coefficient (Wildman–Crippen LogP) is 4.15. The highest BCUT2D eigenvalue weighted by Gasteiger charge is 2.66. The maximum Gasteiger partial charge on any atom is 0.162 e. The van der Waals surface area contributed by atoms with Crippen molar-refractivity contribution >= 4 is 47.0 Å². The third-order valence-electron chi connectivity index (χ3n) is 2.62. The average Bonchev–Trinajstić information content (AvgIpc) is 1.67. The maximum atomic E-state index is 6.20. The van der Waals surface area contributed by atoms with Crippen LogP contribution < -0.4 is 0 Å². The van der Waals surface area contributed by atoms with E-state index in [1.807, 2.05) is 35.3 Å². The van der Waals surface area contributed by atoms with Crippen molar-refractivity contribution in [1.82, 2.24) is 0 Å². The quantitative estimate of drug-likeness (QED) is 0.649. The average molecular weight is 266 g/mol. The van der Waals surface area contributed by atoms with Crippen molar-refractivity contribution in [2.75, 3.05) is 0 Å². The lowest BCUT2D eigenvalue weighted by Gasteiger charge is -2.64. The second-order valence-corrected chi connectivity index (χ2v) is 13.5. The summed E-state index contributed by atoms with van der Waals surface area (Å²) < 4.78 is 6.83. The maximum absolute atomic E-state index is 6.20. The van der Waals surface area contributed by atoms with Crippen LogP contribution in [0.1, 0.15) is 34.1 Å². The third-order valence-corrected chi connectivity index (χ3v) is 8.95. The summed E-state index contributed by atoms with van der Waals surface area (Å²) in [7, 11) is 0. The highest BCUT2D eigenvalue weighted by Crippen LogP contribution is 2.79. The molecule has 0 unspecified atom stereocenters. The molecule has 0 aromatic heterocycles. The van der Waals surface area contributed by atoms with E-state index in [-0.39, 0.29) is 9.20 Å². The second-order valence-electron chi connectivity index (χ2n) is 4.68. The van der Waals surface area contributed by atoms with E-state index >= 15 is 0 Å². The molecular weight excluding hydrogens is 252 g/mol. The van der Waals surface area contributed by atoms with Crippen molar-refractivity contribution in [1.29, 1.82) is 0 Å². The van der Waals surface area contributed by atoms with E-state index in [9.17, 15) is 0 Å². The lowest BCUT2D eigenvalue weighted by Crippen LogP contribution is -2.58. The Labute approximate surface area is 102 Å². The zero-order valence-corrected chi connectivity index (χ0v) is 12.0. The first kappa shape index (κ1) is 10.5. The molecule has 0 radical (unpaired) electrons. The van der Waals surface area contributed by atoms with Gasteiger partial charge in [0, 0.05) is 6.42 Å². The number of hydrogen-bond donors (Lipinski definition) is 0. The van der Waals surface area contributed by atoms with Gasteiger partial charge in [-0.15, -0.1) is 11.8 Å². The lowest BCUT2D eigenvalue weighted by molar-refractivity contribution is -0.00981. The summed E-state index contributed by atoms with van der Waals surface area (Å²) in [5.41, 5.74) is 0. The highest BCUT2D eigenvalue weighted by molar-refractivity contribution is 8.44. The summed E-state index contributed by atoms with van der Waals surface area (Å²) in [6.45, 7) is 9.21. The van der Waals surface area contributed by atoms with Gasteiger partial charge in [-0.1, -0.05) is 35.3 Å². The van der Waals surface area contributed by atoms with Gasteiger partial charge in [-0.3, -0.25) is 0 Å². The van der Waals surface area contributed by atoms with Crippen LogP contribution in [0.3, 0.4) is 0 Å². The normalized spacial score (nSPS) is 66.0. The fourth-order valence-corrected chi connectivity index (χ4v) is 14.6. The monoisotopic (exact) mass is 266 g/mol. The van der Waals surface area contributed by atoms with Crippen LogP contribution in [-0.2, 0) is 4.74 Å². The lowest BCUT2D eigenvalue weighted by atomic mass is 10.2. The van der Waals surface area contributed by atoms with Crippen LogP contribution in [-0.4, -0.2) is 16.7 Å². The fourth-order valence-electron chi connectivity index (χ4n) is 2.80. The van der Waals surface area contributed by atoms with E-state index < -0.39 is 0 Å². The Morgan fingerprint density at radius 2 is 1.64 bits per heavy atom. The predicted molar refractivity (Wildman–Crippen MR) is 69.7 cm³/mol. The topological polar surface area (TPSA) is 9.23 Å². The molecule has 0 aromatic carbocycles. The molecule has 0 saturated carbocycles. The van der Waals surface area contributed by atoms with E-state index in [4.69, 9.17) is 4.74 Å². The zero-order chi connectivity index (χ0) is 10.2. The Balaban J connectivity index is 2.08. The molecule has 4 saturated heterocycles. The molecule has 4 aliphatic rings. The minimum absolute atomic E-state index is 0.0208. The Bertz CT molecular complexity index is 210. The molecule has 4 fully saturated rings. The fraction of sp³-hybridized carbons (Fsp3) is 1.00. The molecule has 4 bridgehead atoms. The summed E-state index contributed by atoms with van der Waals surface area (Å²) in [6, 6.07) is 0. The molecule has 4 rings (SSSR count). The molecule has 1 nitrogen and oxygen atoms in total. The molecule has 4 aliphatic heterocycles. The van der Waals surface area contributed by atoms with Crippen molar-refractivity contribution in [3.05, 3.63) is 0 Å². The first-order valence-electron chi connectivity index (χ1n) is 4.75. The van der Waals surface area contributed by atoms with Gasteiger partial charge in [0.25, 0.3) is 0 Å². The minimum Gasteiger partial charge on any atom is -0.338 e. The van der Waals surface area contributed by atoms with Crippen LogP contribution in [0.5, 0.6) is 0 Å². The largest absolute Gasteiger partial charge is 0.338 e. The highest BCUT2D eigenvalue weighted by atomic mass is 32.3. The van der Waals surface area contributed by atoms with Crippen LogP contribution in [0.2, 0.25) is 0 Å². The molecule has 0 aromatic rings. The Morgan fingerprint density at radius 1 is 0.929 bits per heavy atom. The number of thioether (sulfide) groups is 4. The number of hydrogen-bond acceptors (Lipinski definition) is 5. The Morgan fingerprint density at radius 3 is 2.14 bits per heavy atom. The second kappa shape index (κ2) is 2.61. The molecular formula is C9H14OS4. The zero-order valence-electron chi connectivity index (χ0n) is 8.75. The van der Waals surface area contributed by atoms with Gasteiger partial charge in [0.1, 0.15) is 8.34 Å². The number of rotatable bonds is 0. The van der Waals surface area contributed by atoms with E-state index in [1.54, 1.807) is 0 Å². The van der Waals surface area contributed by atoms with Gasteiger partial charge < -0.3 is 4.74 Å². The van der Waals surface area contributed by atoms with Crippen LogP contribution in [0.15, 0.2) is 0 Å². The molecule has 14 heavy (non-hydrogen) atoms. The summed E-state index contributed by atoms with van der Waals surface area (Å²) in [5, 5.41) is 0. The van der Waals surface area contributed by atoms with Gasteiger partial charge in [-0.2, -0.15) is 0 Å². The third kappa shape index (κ3) is 1.46. The first-order valence-corrected chi connectivity index (χ1v) is 8.01. The molecule has 5 heteroatoms. The van der Waals surface area contributed by atoms with Crippen molar-refractivity contribution in [3.63, 3.8) is 0 Å². The van der Waals surface area contributed by atoms with Gasteiger partial charge in [0.05, 0.1) is 4.08 Å². The molecule has 0 aliphatic carbocycles. The van der Waals surface area contributed by atoms with Crippen LogP contribution in [0, 0.1) is 0 Å². The van der Waals surface area contributed by atoms with E-state index in [1.165, 1.54) is 0 Å². The van der Waals surface area contributed by atoms with Crippen LogP contribution in [0.4, 0.5) is 0 Å². The Kier molecular flexibility index (Phi) is 1.96. The van der Waals surface area contributed by atoms with Gasteiger partial charge in [-0.05, 0) is 27.7 Å². The SMILES string of the molecule is C[C@]12C[C@]3(C)O[C@](C)(S1)S[C@](C)(S2)S3. The van der Waals surface area contributed by atoms with Crippen molar-refractivity contribution < 1.29 is 4.74 Å². The van der Waals surface area contributed by atoms with Crippen molar-refractivity contribution in [3.8, 4) is 0 Å². The minimum atomic E-state index is -0.0208. The van der Waals surface area contributed by atoms with E-state index in [0.29, 0.717) is 7.49 Å². The number of ether oxygens (including phenoxy) is 1. The van der Waals surface area contributed by atoms with Crippen LogP contribution in [0.25, 0.3) is 0 Å². The summed E-state index contributed by atoms with van der Waals surface area (Å²) in [5.74, 6) is 0. The van der Waals surface area contributed by atoms with Crippen molar-refractivity contribution in [2.45, 2.75) is 50.8 Å². The first-order chi connectivity index (χ1) is 6.24. The van der Waals surface area contributed by atoms with E-state index in [0.717, 1.165) is 6.42 Å². The molecule has 0 N–H and O–H groups in total. The van der Waals surface area contributed by atoms with Gasteiger partial charge in [0.15, 0.2) is 4.27 Å².